The minimum absolute atomic E-state index is 0.733. The average molecular weight is 656 g/mol. The normalized spacial score (nSPS) is 11.6. The molecule has 0 aliphatic heterocycles. The van der Waals surface area contributed by atoms with E-state index in [1.807, 2.05) is 0 Å². The van der Waals surface area contributed by atoms with Crippen LogP contribution in [-0.2, 0) is 0 Å². The largest absolute Gasteiger partial charge is 0.309 e. The molecule has 0 saturated heterocycles. The van der Waals surface area contributed by atoms with Crippen molar-refractivity contribution in [3.05, 3.63) is 176 Å². The molecule has 3 nitrogen and oxygen atoms in total. The maximum absolute atomic E-state index is 5.28. The SMILES string of the molecule is c1ccc(-c2cccc(-n3c4ccccc4c4c(-c5cccc(-c6nc(-c7ccccc7)c7c(n6)sc6ccccc67)c5)cccc43)c2)cc1. The minimum atomic E-state index is 0.733. The van der Waals surface area contributed by atoms with E-state index >= 15 is 0 Å². The Morgan fingerprint density at radius 1 is 0.420 bits per heavy atom. The third-order valence-electron chi connectivity index (χ3n) is 9.63. The zero-order valence-electron chi connectivity index (χ0n) is 27.0. The summed E-state index contributed by atoms with van der Waals surface area (Å²) in [6.45, 7) is 0. The highest BCUT2D eigenvalue weighted by Crippen LogP contribution is 2.42. The number of aromatic nitrogens is 3. The molecule has 0 aliphatic carbocycles. The van der Waals surface area contributed by atoms with Gasteiger partial charge in [-0.2, -0.15) is 0 Å². The fraction of sp³-hybridized carbons (Fsp3) is 0. The van der Waals surface area contributed by atoms with Crippen molar-refractivity contribution in [2.24, 2.45) is 0 Å². The molecular weight excluding hydrogens is 627 g/mol. The zero-order chi connectivity index (χ0) is 33.0. The molecule has 0 atom stereocenters. The summed E-state index contributed by atoms with van der Waals surface area (Å²) < 4.78 is 3.62. The van der Waals surface area contributed by atoms with Gasteiger partial charge in [0.2, 0.25) is 0 Å². The molecule has 50 heavy (non-hydrogen) atoms. The predicted molar refractivity (Wildman–Crippen MR) is 211 cm³/mol. The van der Waals surface area contributed by atoms with Gasteiger partial charge in [0.15, 0.2) is 5.82 Å². The highest BCUT2D eigenvalue weighted by Gasteiger charge is 2.19. The zero-order valence-corrected chi connectivity index (χ0v) is 27.8. The van der Waals surface area contributed by atoms with Crippen molar-refractivity contribution in [2.45, 2.75) is 0 Å². The topological polar surface area (TPSA) is 30.7 Å². The van der Waals surface area contributed by atoms with Gasteiger partial charge in [-0.05, 0) is 58.7 Å². The first-order chi connectivity index (χ1) is 24.8. The molecule has 0 bridgehead atoms. The van der Waals surface area contributed by atoms with Crippen LogP contribution in [0.3, 0.4) is 0 Å². The Bertz CT molecular complexity index is 2870. The summed E-state index contributed by atoms with van der Waals surface area (Å²) in [5.41, 5.74) is 11.3. The lowest BCUT2D eigenvalue weighted by atomic mass is 9.97. The van der Waals surface area contributed by atoms with Gasteiger partial charge in [0.25, 0.3) is 0 Å². The Balaban J connectivity index is 1.16. The van der Waals surface area contributed by atoms with Gasteiger partial charge < -0.3 is 4.57 Å². The van der Waals surface area contributed by atoms with Crippen LogP contribution >= 0.6 is 11.3 Å². The lowest BCUT2D eigenvalue weighted by Crippen LogP contribution is -1.95. The van der Waals surface area contributed by atoms with Crippen molar-refractivity contribution in [1.29, 1.82) is 0 Å². The van der Waals surface area contributed by atoms with Gasteiger partial charge in [-0.15, -0.1) is 11.3 Å². The number of para-hydroxylation sites is 1. The summed E-state index contributed by atoms with van der Waals surface area (Å²) in [4.78, 5) is 11.5. The summed E-state index contributed by atoms with van der Waals surface area (Å²) in [7, 11) is 0. The highest BCUT2D eigenvalue weighted by molar-refractivity contribution is 7.25. The third kappa shape index (κ3) is 4.65. The van der Waals surface area contributed by atoms with E-state index in [1.165, 1.54) is 48.6 Å². The van der Waals surface area contributed by atoms with E-state index in [9.17, 15) is 0 Å². The number of hydrogen-bond donors (Lipinski definition) is 0. The first-order valence-electron chi connectivity index (χ1n) is 16.8. The molecule has 3 aromatic heterocycles. The molecule has 10 rings (SSSR count). The standard InChI is InChI=1S/C46H29N3S/c1-3-14-30(15-4-1)32-18-12-21-35(29-32)49-39-25-9-7-22-37(39)42-36(24-13-26-40(42)49)33-19-11-20-34(28-33)45-47-44(31-16-5-2-6-17-31)43-38-23-8-10-27-41(38)50-46(43)48-45/h1-29H. The smallest absolute Gasteiger partial charge is 0.161 e. The quantitative estimate of drug-likeness (QED) is 0.185. The molecule has 0 radical (unpaired) electrons. The molecule has 3 heterocycles. The molecule has 7 aromatic carbocycles. The van der Waals surface area contributed by atoms with E-state index in [2.05, 4.69) is 180 Å². The summed E-state index contributed by atoms with van der Waals surface area (Å²) in [6.07, 6.45) is 0. The molecule has 0 unspecified atom stereocenters. The van der Waals surface area contributed by atoms with E-state index in [0.717, 1.165) is 44.1 Å². The molecule has 4 heteroatoms. The fourth-order valence-corrected chi connectivity index (χ4v) is 8.45. The number of nitrogens with zero attached hydrogens (tertiary/aromatic N) is 3. The van der Waals surface area contributed by atoms with Gasteiger partial charge in [0, 0.05) is 43.1 Å². The van der Waals surface area contributed by atoms with Gasteiger partial charge in [-0.3, -0.25) is 0 Å². The van der Waals surface area contributed by atoms with E-state index in [0.29, 0.717) is 0 Å². The van der Waals surface area contributed by atoms with Gasteiger partial charge in [-0.1, -0.05) is 140 Å². The molecular formula is C46H29N3S. The summed E-state index contributed by atoms with van der Waals surface area (Å²) in [5.74, 6) is 0.733. The van der Waals surface area contributed by atoms with E-state index in [1.54, 1.807) is 11.3 Å². The molecule has 0 fully saturated rings. The van der Waals surface area contributed by atoms with Crippen LogP contribution in [0.5, 0.6) is 0 Å². The lowest BCUT2D eigenvalue weighted by Gasteiger charge is -2.11. The second kappa shape index (κ2) is 11.7. The van der Waals surface area contributed by atoms with Crippen molar-refractivity contribution in [1.82, 2.24) is 14.5 Å². The number of fused-ring (bicyclic) bond motifs is 6. The number of rotatable bonds is 5. The molecule has 0 spiro atoms. The van der Waals surface area contributed by atoms with E-state index in [4.69, 9.17) is 9.97 Å². The van der Waals surface area contributed by atoms with Crippen LogP contribution in [0.2, 0.25) is 0 Å². The van der Waals surface area contributed by atoms with Crippen LogP contribution in [0.4, 0.5) is 0 Å². The Morgan fingerprint density at radius 3 is 1.92 bits per heavy atom. The second-order valence-electron chi connectivity index (χ2n) is 12.6. The van der Waals surface area contributed by atoms with Crippen LogP contribution in [0, 0.1) is 0 Å². The summed E-state index contributed by atoms with van der Waals surface area (Å²) in [6, 6.07) is 62.6. The minimum Gasteiger partial charge on any atom is -0.309 e. The molecule has 234 valence electrons. The van der Waals surface area contributed by atoms with Crippen LogP contribution in [0.25, 0.3) is 92.7 Å². The molecule has 0 saturated carbocycles. The van der Waals surface area contributed by atoms with Crippen molar-refractivity contribution < 1.29 is 0 Å². The Hall–Kier alpha value is -6.36. The predicted octanol–water partition coefficient (Wildman–Crippen LogP) is 12.6. The maximum atomic E-state index is 5.28. The van der Waals surface area contributed by atoms with Gasteiger partial charge in [-0.25, -0.2) is 9.97 Å². The van der Waals surface area contributed by atoms with Gasteiger partial charge in [0.1, 0.15) is 4.83 Å². The molecule has 0 amide bonds. The highest BCUT2D eigenvalue weighted by atomic mass is 32.1. The maximum Gasteiger partial charge on any atom is 0.161 e. The second-order valence-corrected chi connectivity index (χ2v) is 13.6. The van der Waals surface area contributed by atoms with E-state index in [-0.39, 0.29) is 0 Å². The first kappa shape index (κ1) is 28.6. The third-order valence-corrected chi connectivity index (χ3v) is 10.7. The van der Waals surface area contributed by atoms with E-state index < -0.39 is 0 Å². The number of thiophene rings is 1. The molecule has 0 N–H and O–H groups in total. The fourth-order valence-electron chi connectivity index (χ4n) is 7.38. The van der Waals surface area contributed by atoms with Crippen molar-refractivity contribution in [2.75, 3.05) is 0 Å². The number of hydrogen-bond acceptors (Lipinski definition) is 3. The number of benzene rings is 7. The Kier molecular flexibility index (Phi) is 6.68. The average Bonchev–Trinajstić information content (AvgIpc) is 3.74. The Morgan fingerprint density at radius 2 is 1.06 bits per heavy atom. The monoisotopic (exact) mass is 655 g/mol. The van der Waals surface area contributed by atoms with Crippen LogP contribution < -0.4 is 0 Å². The van der Waals surface area contributed by atoms with Crippen LogP contribution in [0.15, 0.2) is 176 Å². The van der Waals surface area contributed by atoms with Crippen molar-refractivity contribution in [3.8, 4) is 50.6 Å². The summed E-state index contributed by atoms with van der Waals surface area (Å²) >= 11 is 1.73. The van der Waals surface area contributed by atoms with Crippen molar-refractivity contribution in [3.63, 3.8) is 0 Å². The van der Waals surface area contributed by atoms with Gasteiger partial charge in [0.05, 0.1) is 16.7 Å². The Labute approximate surface area is 293 Å². The molecule has 0 aliphatic rings. The first-order valence-corrected chi connectivity index (χ1v) is 17.7. The van der Waals surface area contributed by atoms with Crippen molar-refractivity contribution >= 4 is 53.4 Å². The van der Waals surface area contributed by atoms with Crippen LogP contribution in [0.1, 0.15) is 0 Å². The molecule has 10 aromatic rings. The van der Waals surface area contributed by atoms with Crippen LogP contribution in [-0.4, -0.2) is 14.5 Å². The lowest BCUT2D eigenvalue weighted by molar-refractivity contribution is 1.18. The summed E-state index contributed by atoms with van der Waals surface area (Å²) in [5, 5.41) is 4.77. The van der Waals surface area contributed by atoms with Gasteiger partial charge >= 0.3 is 0 Å².